The van der Waals surface area contributed by atoms with Crippen LogP contribution >= 0.6 is 0 Å². The van der Waals surface area contributed by atoms with Gasteiger partial charge in [-0.25, -0.2) is 0 Å². The minimum Gasteiger partial charge on any atom is -0.367 e. The summed E-state index contributed by atoms with van der Waals surface area (Å²) < 4.78 is 6.33. The Balaban J connectivity index is 1.82. The second-order valence-corrected chi connectivity index (χ2v) is 5.99. The molecule has 2 heteroatoms. The molecule has 0 aliphatic heterocycles. The maximum atomic E-state index is 6.33. The van der Waals surface area contributed by atoms with Crippen molar-refractivity contribution in [2.24, 2.45) is 0 Å². The molecule has 21 heavy (non-hydrogen) atoms. The van der Waals surface area contributed by atoms with Crippen molar-refractivity contribution in [1.82, 2.24) is 4.90 Å². The van der Waals surface area contributed by atoms with Crippen molar-refractivity contribution in [2.45, 2.75) is 31.6 Å². The maximum absolute atomic E-state index is 6.33. The average molecular weight is 281 g/mol. The van der Waals surface area contributed by atoms with E-state index in [9.17, 15) is 0 Å². The predicted octanol–water partition coefficient (Wildman–Crippen LogP) is 3.82. The molecule has 2 nitrogen and oxygen atoms in total. The molecule has 0 aromatic heterocycles. The highest BCUT2D eigenvalue weighted by molar-refractivity contribution is 5.33. The first kappa shape index (κ1) is 14.3. The fraction of sp³-hybridized carbons (Fsp3) is 0.368. The van der Waals surface area contributed by atoms with Crippen LogP contribution in [-0.2, 0) is 17.8 Å². The summed E-state index contributed by atoms with van der Waals surface area (Å²) in [7, 11) is 4.30. The first-order chi connectivity index (χ1) is 10.3. The van der Waals surface area contributed by atoms with Crippen LogP contribution in [-0.4, -0.2) is 25.0 Å². The summed E-state index contributed by atoms with van der Waals surface area (Å²) in [5, 5.41) is 0. The second kappa shape index (κ2) is 6.42. The van der Waals surface area contributed by atoms with E-state index < -0.39 is 0 Å². The van der Waals surface area contributed by atoms with Crippen LogP contribution in [0.2, 0.25) is 0 Å². The molecule has 3 rings (SSSR count). The number of ether oxygens (including phenoxy) is 1. The van der Waals surface area contributed by atoms with Gasteiger partial charge in [-0.05, 0) is 43.6 Å². The summed E-state index contributed by atoms with van der Waals surface area (Å²) in [6.45, 7) is 0.671. The van der Waals surface area contributed by atoms with Gasteiger partial charge in [0.15, 0.2) is 0 Å². The summed E-state index contributed by atoms with van der Waals surface area (Å²) in [5.41, 5.74) is 4.03. The highest BCUT2D eigenvalue weighted by Gasteiger charge is 2.31. The molecule has 0 fully saturated rings. The van der Waals surface area contributed by atoms with E-state index in [-0.39, 0.29) is 6.10 Å². The number of benzene rings is 2. The Morgan fingerprint density at radius 1 is 1.00 bits per heavy atom. The number of fused-ring (bicyclic) bond motifs is 1. The van der Waals surface area contributed by atoms with Gasteiger partial charge in [-0.3, -0.25) is 0 Å². The van der Waals surface area contributed by atoms with Crippen molar-refractivity contribution in [1.29, 1.82) is 0 Å². The SMILES string of the molecule is CN(C)C1CCc2ccccc2C1OCc1ccccc1. The van der Waals surface area contributed by atoms with Gasteiger partial charge in [-0.2, -0.15) is 0 Å². The van der Waals surface area contributed by atoms with Crippen LogP contribution in [0.1, 0.15) is 29.2 Å². The van der Waals surface area contributed by atoms with Crippen LogP contribution in [0.4, 0.5) is 0 Å². The molecule has 2 atom stereocenters. The van der Waals surface area contributed by atoms with Gasteiger partial charge in [-0.15, -0.1) is 0 Å². The molecule has 0 heterocycles. The zero-order valence-corrected chi connectivity index (χ0v) is 12.8. The minimum atomic E-state index is 0.158. The third-order valence-corrected chi connectivity index (χ3v) is 4.36. The van der Waals surface area contributed by atoms with Gasteiger partial charge in [0.05, 0.1) is 12.7 Å². The molecule has 110 valence electrons. The first-order valence-corrected chi connectivity index (χ1v) is 7.65. The topological polar surface area (TPSA) is 12.5 Å². The number of rotatable bonds is 4. The summed E-state index contributed by atoms with van der Waals surface area (Å²) in [5.74, 6) is 0. The smallest absolute Gasteiger partial charge is 0.0987 e. The molecule has 0 N–H and O–H groups in total. The first-order valence-electron chi connectivity index (χ1n) is 7.65. The van der Waals surface area contributed by atoms with Crippen LogP contribution in [0.5, 0.6) is 0 Å². The van der Waals surface area contributed by atoms with Gasteiger partial charge in [0.2, 0.25) is 0 Å². The van der Waals surface area contributed by atoms with Crippen molar-refractivity contribution in [3.8, 4) is 0 Å². The number of aryl methyl sites for hydroxylation is 1. The van der Waals surface area contributed by atoms with Gasteiger partial charge >= 0.3 is 0 Å². The monoisotopic (exact) mass is 281 g/mol. The summed E-state index contributed by atoms with van der Waals surface area (Å²) in [6, 6.07) is 19.6. The minimum absolute atomic E-state index is 0.158. The zero-order chi connectivity index (χ0) is 14.7. The van der Waals surface area contributed by atoms with Crippen molar-refractivity contribution in [2.75, 3.05) is 14.1 Å². The summed E-state index contributed by atoms with van der Waals surface area (Å²) >= 11 is 0. The van der Waals surface area contributed by atoms with Gasteiger partial charge in [0.25, 0.3) is 0 Å². The second-order valence-electron chi connectivity index (χ2n) is 5.99. The van der Waals surface area contributed by atoms with E-state index in [0.717, 1.165) is 12.8 Å². The lowest BCUT2D eigenvalue weighted by Crippen LogP contribution is -2.38. The van der Waals surface area contributed by atoms with Gasteiger partial charge in [0, 0.05) is 6.04 Å². The molecule has 0 spiro atoms. The predicted molar refractivity (Wildman–Crippen MR) is 86.2 cm³/mol. The lowest BCUT2D eigenvalue weighted by Gasteiger charge is -2.37. The number of likely N-dealkylation sites (N-methyl/N-ethyl adjacent to an activating group) is 1. The Morgan fingerprint density at radius 2 is 1.71 bits per heavy atom. The van der Waals surface area contributed by atoms with Crippen molar-refractivity contribution in [3.05, 3.63) is 71.3 Å². The molecule has 1 aliphatic carbocycles. The van der Waals surface area contributed by atoms with E-state index in [1.165, 1.54) is 16.7 Å². The lowest BCUT2D eigenvalue weighted by atomic mass is 9.85. The van der Waals surface area contributed by atoms with Gasteiger partial charge < -0.3 is 9.64 Å². The Bertz CT molecular complexity index is 579. The molecule has 2 aromatic rings. The largest absolute Gasteiger partial charge is 0.367 e. The third-order valence-electron chi connectivity index (χ3n) is 4.36. The molecule has 0 bridgehead atoms. The molecule has 0 radical (unpaired) electrons. The maximum Gasteiger partial charge on any atom is 0.0987 e. The molecular formula is C19H23NO. The fourth-order valence-electron chi connectivity index (χ4n) is 3.19. The average Bonchev–Trinajstić information content (AvgIpc) is 2.53. The molecule has 0 saturated carbocycles. The van der Waals surface area contributed by atoms with Crippen LogP contribution in [0.15, 0.2) is 54.6 Å². The molecular weight excluding hydrogens is 258 g/mol. The highest BCUT2D eigenvalue weighted by Crippen LogP contribution is 2.35. The highest BCUT2D eigenvalue weighted by atomic mass is 16.5. The van der Waals surface area contributed by atoms with Crippen LogP contribution in [0.3, 0.4) is 0 Å². The van der Waals surface area contributed by atoms with E-state index in [4.69, 9.17) is 4.74 Å². The van der Waals surface area contributed by atoms with Gasteiger partial charge in [-0.1, -0.05) is 54.6 Å². The molecule has 2 aromatic carbocycles. The molecule has 0 saturated heterocycles. The van der Waals surface area contributed by atoms with E-state index in [1.807, 2.05) is 6.07 Å². The van der Waals surface area contributed by atoms with E-state index in [0.29, 0.717) is 12.6 Å². The molecule has 2 unspecified atom stereocenters. The van der Waals surface area contributed by atoms with Crippen LogP contribution in [0.25, 0.3) is 0 Å². The van der Waals surface area contributed by atoms with E-state index >= 15 is 0 Å². The Kier molecular flexibility index (Phi) is 4.37. The molecule has 0 amide bonds. The number of nitrogens with zero attached hydrogens (tertiary/aromatic N) is 1. The summed E-state index contributed by atoms with van der Waals surface area (Å²) in [6.07, 6.45) is 2.46. The summed E-state index contributed by atoms with van der Waals surface area (Å²) in [4.78, 5) is 2.30. The van der Waals surface area contributed by atoms with Crippen molar-refractivity contribution >= 4 is 0 Å². The van der Waals surface area contributed by atoms with Crippen molar-refractivity contribution < 1.29 is 4.74 Å². The Labute approximate surface area is 127 Å². The molecule has 1 aliphatic rings. The zero-order valence-electron chi connectivity index (χ0n) is 12.8. The third kappa shape index (κ3) is 3.17. The van der Waals surface area contributed by atoms with Crippen molar-refractivity contribution in [3.63, 3.8) is 0 Å². The van der Waals surface area contributed by atoms with Crippen LogP contribution in [0, 0.1) is 0 Å². The van der Waals surface area contributed by atoms with Crippen LogP contribution < -0.4 is 0 Å². The Hall–Kier alpha value is -1.64. The quantitative estimate of drug-likeness (QED) is 0.844. The number of hydrogen-bond donors (Lipinski definition) is 0. The lowest BCUT2D eigenvalue weighted by molar-refractivity contribution is -0.0214. The Morgan fingerprint density at radius 3 is 2.48 bits per heavy atom. The van der Waals surface area contributed by atoms with E-state index in [2.05, 4.69) is 67.5 Å². The fourth-order valence-corrected chi connectivity index (χ4v) is 3.19. The number of hydrogen-bond acceptors (Lipinski definition) is 2. The van der Waals surface area contributed by atoms with E-state index in [1.54, 1.807) is 0 Å². The standard InChI is InChI=1S/C19H23NO/c1-20(2)18-13-12-16-10-6-7-11-17(16)19(18)21-14-15-8-4-3-5-9-15/h3-11,18-19H,12-14H2,1-2H3. The normalized spacial score (nSPS) is 21.3. The van der Waals surface area contributed by atoms with Gasteiger partial charge in [0.1, 0.15) is 0 Å².